The lowest BCUT2D eigenvalue weighted by atomic mass is 9.55. The molecule has 3 nitrogen and oxygen atoms in total. The van der Waals surface area contributed by atoms with Gasteiger partial charge in [0, 0.05) is 9.49 Å². The summed E-state index contributed by atoms with van der Waals surface area (Å²) in [7, 11) is 0. The Labute approximate surface area is 190 Å². The minimum atomic E-state index is -0.690. The zero-order valence-electron chi connectivity index (χ0n) is 15.2. The summed E-state index contributed by atoms with van der Waals surface area (Å²) in [4.78, 5) is 28.8. The molecule has 142 valence electrons. The fraction of sp³-hybridized carbons (Fsp3) is 0.167. The molecule has 0 radical (unpaired) electrons. The summed E-state index contributed by atoms with van der Waals surface area (Å²) < 4.78 is 0.379. The number of alkyl halides is 1. The van der Waals surface area contributed by atoms with Crippen LogP contribution < -0.4 is 4.90 Å². The topological polar surface area (TPSA) is 37.4 Å². The summed E-state index contributed by atoms with van der Waals surface area (Å²) in [5.41, 5.74) is 5.16. The zero-order valence-corrected chi connectivity index (χ0v) is 18.9. The SMILES string of the molecule is O=C1[C@@H]2C3c4ccccc4C(Br)(c4ccccc43)[C@H]2C(=O)N1c1ccc(I)cc1. The van der Waals surface area contributed by atoms with Crippen molar-refractivity contribution in [1.29, 1.82) is 0 Å². The van der Waals surface area contributed by atoms with E-state index in [-0.39, 0.29) is 17.7 Å². The lowest BCUT2D eigenvalue weighted by molar-refractivity contribution is -0.122. The summed E-state index contributed by atoms with van der Waals surface area (Å²) in [6, 6.07) is 24.0. The summed E-state index contributed by atoms with van der Waals surface area (Å²) in [6.07, 6.45) is 0. The maximum atomic E-state index is 13.7. The van der Waals surface area contributed by atoms with Gasteiger partial charge in [0.25, 0.3) is 0 Å². The molecular formula is C24H15BrINO2. The van der Waals surface area contributed by atoms with Gasteiger partial charge >= 0.3 is 0 Å². The highest BCUT2D eigenvalue weighted by molar-refractivity contribution is 14.1. The Balaban J connectivity index is 1.61. The Hall–Kier alpha value is -1.99. The molecule has 0 aromatic heterocycles. The highest BCUT2D eigenvalue weighted by Gasteiger charge is 2.67. The fourth-order valence-corrected chi connectivity index (χ4v) is 7.09. The number of amides is 2. The summed E-state index contributed by atoms with van der Waals surface area (Å²) >= 11 is 6.24. The van der Waals surface area contributed by atoms with Gasteiger partial charge in [0.1, 0.15) is 0 Å². The van der Waals surface area contributed by atoms with Crippen molar-refractivity contribution in [1.82, 2.24) is 0 Å². The number of nitrogens with zero attached hydrogens (tertiary/aromatic N) is 1. The van der Waals surface area contributed by atoms with Crippen molar-refractivity contribution in [2.75, 3.05) is 4.90 Å². The van der Waals surface area contributed by atoms with Gasteiger partial charge in [0.15, 0.2) is 0 Å². The highest BCUT2D eigenvalue weighted by atomic mass is 127. The van der Waals surface area contributed by atoms with Gasteiger partial charge in [-0.1, -0.05) is 64.5 Å². The number of hydrogen-bond donors (Lipinski definition) is 0. The molecule has 0 N–H and O–H groups in total. The first kappa shape index (κ1) is 17.8. The maximum absolute atomic E-state index is 13.7. The molecule has 2 atom stereocenters. The number of benzene rings is 3. The van der Waals surface area contributed by atoms with Crippen molar-refractivity contribution >= 4 is 56.0 Å². The van der Waals surface area contributed by atoms with E-state index >= 15 is 0 Å². The van der Waals surface area contributed by atoms with Crippen molar-refractivity contribution < 1.29 is 9.59 Å². The fourth-order valence-electron chi connectivity index (χ4n) is 5.52. The molecule has 0 saturated carbocycles. The Morgan fingerprint density at radius 2 is 1.34 bits per heavy atom. The summed E-state index contributed by atoms with van der Waals surface area (Å²) in [5, 5.41) is 0. The van der Waals surface area contributed by atoms with E-state index in [1.54, 1.807) is 0 Å². The molecule has 4 aliphatic rings. The minimum absolute atomic E-state index is 0.0981. The molecule has 3 aliphatic carbocycles. The smallest absolute Gasteiger partial charge is 0.239 e. The first-order valence-electron chi connectivity index (χ1n) is 9.54. The van der Waals surface area contributed by atoms with Crippen molar-refractivity contribution in [2.45, 2.75) is 10.2 Å². The number of anilines is 1. The van der Waals surface area contributed by atoms with Gasteiger partial charge in [0.2, 0.25) is 11.8 Å². The third-order valence-corrected chi connectivity index (χ3v) is 8.67. The van der Waals surface area contributed by atoms with Crippen LogP contribution in [0.1, 0.15) is 28.2 Å². The van der Waals surface area contributed by atoms with Gasteiger partial charge in [-0.3, -0.25) is 9.59 Å². The standard InChI is InChI=1S/C24H15BrINO2/c25-24-17-7-3-1-5-15(17)19(16-6-2-4-8-18(16)24)20-21(24)23(29)27(22(20)28)14-11-9-13(26)10-12-14/h1-12,19-21H/t19?,20-,21-,24?/m1/s1. The van der Waals surface area contributed by atoms with E-state index in [1.807, 2.05) is 48.5 Å². The first-order valence-corrected chi connectivity index (χ1v) is 11.4. The normalized spacial score (nSPS) is 28.9. The molecule has 5 heteroatoms. The molecule has 29 heavy (non-hydrogen) atoms. The van der Waals surface area contributed by atoms with Crippen LogP contribution in [0.25, 0.3) is 0 Å². The molecule has 1 fully saturated rings. The van der Waals surface area contributed by atoms with Crippen LogP contribution in [0.2, 0.25) is 0 Å². The molecule has 1 aliphatic heterocycles. The average Bonchev–Trinajstić information content (AvgIpc) is 3.01. The Bertz CT molecular complexity index is 1160. The summed E-state index contributed by atoms with van der Waals surface area (Å²) in [5.74, 6) is -1.17. The van der Waals surface area contributed by atoms with Gasteiger partial charge in [-0.2, -0.15) is 0 Å². The molecule has 1 saturated heterocycles. The monoisotopic (exact) mass is 555 g/mol. The predicted molar refractivity (Wildman–Crippen MR) is 123 cm³/mol. The van der Waals surface area contributed by atoms with E-state index in [9.17, 15) is 9.59 Å². The van der Waals surface area contributed by atoms with Crippen LogP contribution in [0.5, 0.6) is 0 Å². The van der Waals surface area contributed by atoms with Crippen LogP contribution in [0.15, 0.2) is 72.8 Å². The third-order valence-electron chi connectivity index (χ3n) is 6.60. The molecule has 2 bridgehead atoms. The van der Waals surface area contributed by atoms with Crippen LogP contribution in [-0.2, 0) is 13.9 Å². The second-order valence-corrected chi connectivity index (χ2v) is 10.4. The van der Waals surface area contributed by atoms with Crippen LogP contribution in [0, 0.1) is 15.4 Å². The van der Waals surface area contributed by atoms with E-state index in [4.69, 9.17) is 0 Å². The van der Waals surface area contributed by atoms with Gasteiger partial charge < -0.3 is 0 Å². The minimum Gasteiger partial charge on any atom is -0.274 e. The summed E-state index contributed by atoms with van der Waals surface area (Å²) in [6.45, 7) is 0. The molecule has 0 unspecified atom stereocenters. The van der Waals surface area contributed by atoms with E-state index in [0.29, 0.717) is 5.69 Å². The van der Waals surface area contributed by atoms with E-state index < -0.39 is 16.2 Å². The van der Waals surface area contributed by atoms with Crippen molar-refractivity contribution in [3.8, 4) is 0 Å². The van der Waals surface area contributed by atoms with Crippen molar-refractivity contribution in [3.05, 3.63) is 98.6 Å². The lowest BCUT2D eigenvalue weighted by Gasteiger charge is -2.51. The Morgan fingerprint density at radius 1 is 0.793 bits per heavy atom. The quantitative estimate of drug-likeness (QED) is 0.235. The van der Waals surface area contributed by atoms with Crippen molar-refractivity contribution in [2.24, 2.45) is 11.8 Å². The number of carbonyl (C=O) groups excluding carboxylic acids is 2. The predicted octanol–water partition coefficient (Wildman–Crippen LogP) is 5.19. The van der Waals surface area contributed by atoms with Gasteiger partial charge in [-0.15, -0.1) is 0 Å². The second kappa shape index (κ2) is 6.01. The molecule has 1 heterocycles. The second-order valence-electron chi connectivity index (χ2n) is 7.86. The van der Waals surface area contributed by atoms with Gasteiger partial charge in [-0.05, 0) is 69.1 Å². The molecule has 0 spiro atoms. The Kier molecular flexibility index (Phi) is 3.70. The highest BCUT2D eigenvalue weighted by Crippen LogP contribution is 2.66. The molecular weight excluding hydrogens is 541 g/mol. The first-order chi connectivity index (χ1) is 14.0. The molecule has 2 amide bonds. The zero-order chi connectivity index (χ0) is 19.9. The maximum Gasteiger partial charge on any atom is 0.239 e. The number of hydrogen-bond acceptors (Lipinski definition) is 2. The Morgan fingerprint density at radius 3 is 1.93 bits per heavy atom. The third kappa shape index (κ3) is 2.12. The average molecular weight is 556 g/mol. The van der Waals surface area contributed by atoms with Crippen LogP contribution >= 0.6 is 38.5 Å². The van der Waals surface area contributed by atoms with E-state index in [0.717, 1.165) is 25.8 Å². The number of halogens is 2. The van der Waals surface area contributed by atoms with Gasteiger partial charge in [0.05, 0.1) is 21.8 Å². The number of carbonyl (C=O) groups is 2. The van der Waals surface area contributed by atoms with Crippen LogP contribution in [-0.4, -0.2) is 11.8 Å². The van der Waals surface area contributed by atoms with E-state index in [1.165, 1.54) is 4.90 Å². The van der Waals surface area contributed by atoms with Gasteiger partial charge in [-0.25, -0.2) is 4.90 Å². The number of rotatable bonds is 1. The molecule has 3 aromatic rings. The van der Waals surface area contributed by atoms with E-state index in [2.05, 4.69) is 62.8 Å². The van der Waals surface area contributed by atoms with Crippen LogP contribution in [0.4, 0.5) is 5.69 Å². The largest absolute Gasteiger partial charge is 0.274 e. The van der Waals surface area contributed by atoms with Crippen LogP contribution in [0.3, 0.4) is 0 Å². The lowest BCUT2D eigenvalue weighted by Crippen LogP contribution is -2.50. The molecule has 3 aromatic carbocycles. The molecule has 7 rings (SSSR count). The number of imide groups is 1. The van der Waals surface area contributed by atoms with Crippen molar-refractivity contribution in [3.63, 3.8) is 0 Å².